The van der Waals surface area contributed by atoms with E-state index in [9.17, 15) is 9.59 Å². The number of anilines is 2. The molecule has 1 aliphatic carbocycles. The second-order valence-corrected chi connectivity index (χ2v) is 9.17. The van der Waals surface area contributed by atoms with Gasteiger partial charge in [-0.3, -0.25) is 9.59 Å². The van der Waals surface area contributed by atoms with Gasteiger partial charge in [0, 0.05) is 91.2 Å². The fraction of sp³-hybridized carbons (Fsp3) is 0.636. The van der Waals surface area contributed by atoms with E-state index >= 15 is 0 Å². The monoisotopic (exact) mass is 440 g/mol. The molecule has 2 aliphatic heterocycles. The number of aromatic nitrogens is 4. The Morgan fingerprint density at radius 2 is 1.12 bits per heavy atom. The van der Waals surface area contributed by atoms with E-state index < -0.39 is 5.41 Å². The molecule has 0 N–H and O–H groups in total. The zero-order valence-corrected chi connectivity index (χ0v) is 19.0. The highest BCUT2D eigenvalue weighted by Gasteiger charge is 2.54. The molecule has 2 saturated heterocycles. The summed E-state index contributed by atoms with van der Waals surface area (Å²) < 4.78 is 4.00. The summed E-state index contributed by atoms with van der Waals surface area (Å²) in [6.45, 7) is 5.49. The van der Waals surface area contributed by atoms with Crippen LogP contribution in [0.3, 0.4) is 0 Å². The molecule has 0 spiro atoms. The van der Waals surface area contributed by atoms with Crippen molar-refractivity contribution in [2.45, 2.75) is 19.3 Å². The third-order valence-corrected chi connectivity index (χ3v) is 7.32. The Hall–Kier alpha value is -3.04. The standard InChI is InChI=1S/C22H32N8O2/c1-25-8-6-23-20(25)29-14-10-27(11-15-29)18(31)22(4-3-5-22)19(32)28-12-16-30(17-13-28)21-24-7-9-26(21)2/h6-9H,3-5,10-17H2,1-2H3. The van der Waals surface area contributed by atoms with Crippen LogP contribution in [0.2, 0.25) is 0 Å². The van der Waals surface area contributed by atoms with Gasteiger partial charge in [-0.25, -0.2) is 9.97 Å². The second-order valence-electron chi connectivity index (χ2n) is 9.17. The van der Waals surface area contributed by atoms with Crippen molar-refractivity contribution in [2.75, 3.05) is 62.2 Å². The van der Waals surface area contributed by atoms with Crippen LogP contribution >= 0.6 is 0 Å². The van der Waals surface area contributed by atoms with Gasteiger partial charge in [-0.05, 0) is 12.8 Å². The molecule has 4 heterocycles. The highest BCUT2D eigenvalue weighted by Crippen LogP contribution is 2.44. The normalized spacial score (nSPS) is 20.9. The first-order valence-corrected chi connectivity index (χ1v) is 11.5. The highest BCUT2D eigenvalue weighted by atomic mass is 16.2. The molecule has 10 nitrogen and oxygen atoms in total. The molecule has 2 aromatic rings. The van der Waals surface area contributed by atoms with Gasteiger partial charge in [-0.15, -0.1) is 0 Å². The van der Waals surface area contributed by atoms with Gasteiger partial charge in [0.2, 0.25) is 23.7 Å². The summed E-state index contributed by atoms with van der Waals surface area (Å²) in [7, 11) is 3.96. The van der Waals surface area contributed by atoms with Gasteiger partial charge in [0.15, 0.2) is 0 Å². The maximum Gasteiger partial charge on any atom is 0.238 e. The van der Waals surface area contributed by atoms with Crippen LogP contribution in [0, 0.1) is 5.41 Å². The lowest BCUT2D eigenvalue weighted by molar-refractivity contribution is -0.163. The number of piperazine rings is 2. The topological polar surface area (TPSA) is 82.7 Å². The quantitative estimate of drug-likeness (QED) is 0.637. The lowest BCUT2D eigenvalue weighted by atomic mass is 9.66. The van der Waals surface area contributed by atoms with Crippen LogP contribution in [-0.4, -0.2) is 93.1 Å². The van der Waals surface area contributed by atoms with E-state index in [4.69, 9.17) is 0 Å². The summed E-state index contributed by atoms with van der Waals surface area (Å²) in [6.07, 6.45) is 9.74. The Morgan fingerprint density at radius 3 is 1.41 bits per heavy atom. The molecule has 3 fully saturated rings. The molecule has 2 aromatic heterocycles. The Labute approximate surface area is 188 Å². The summed E-state index contributed by atoms with van der Waals surface area (Å²) in [6, 6.07) is 0. The predicted molar refractivity (Wildman–Crippen MR) is 120 cm³/mol. The molecule has 1 saturated carbocycles. The van der Waals surface area contributed by atoms with Crippen LogP contribution in [0.4, 0.5) is 11.9 Å². The van der Waals surface area contributed by atoms with Gasteiger partial charge in [-0.2, -0.15) is 0 Å². The molecule has 32 heavy (non-hydrogen) atoms. The van der Waals surface area contributed by atoms with E-state index in [1.807, 2.05) is 45.4 Å². The van der Waals surface area contributed by atoms with Crippen molar-refractivity contribution in [1.82, 2.24) is 28.9 Å². The number of carbonyl (C=O) groups excluding carboxylic acids is 2. The number of imidazole rings is 2. The summed E-state index contributed by atoms with van der Waals surface area (Å²) >= 11 is 0. The molecule has 5 rings (SSSR count). The maximum atomic E-state index is 13.6. The van der Waals surface area contributed by atoms with Gasteiger partial charge < -0.3 is 28.7 Å². The lowest BCUT2D eigenvalue weighted by Gasteiger charge is -2.47. The van der Waals surface area contributed by atoms with Crippen LogP contribution in [0.5, 0.6) is 0 Å². The Kier molecular flexibility index (Phi) is 5.30. The number of amides is 2. The molecule has 2 amide bonds. The van der Waals surface area contributed by atoms with E-state index in [1.165, 1.54) is 0 Å². The number of rotatable bonds is 4. The van der Waals surface area contributed by atoms with Crippen molar-refractivity contribution in [3.05, 3.63) is 24.8 Å². The Balaban J connectivity index is 1.21. The summed E-state index contributed by atoms with van der Waals surface area (Å²) in [5, 5.41) is 0. The fourth-order valence-electron chi connectivity index (χ4n) is 5.20. The first kappa shape index (κ1) is 20.8. The first-order chi connectivity index (χ1) is 15.5. The van der Waals surface area contributed by atoms with Crippen molar-refractivity contribution < 1.29 is 9.59 Å². The van der Waals surface area contributed by atoms with Crippen molar-refractivity contribution in [3.8, 4) is 0 Å². The van der Waals surface area contributed by atoms with Crippen molar-refractivity contribution in [3.63, 3.8) is 0 Å². The molecule has 0 radical (unpaired) electrons. The van der Waals surface area contributed by atoms with Crippen LogP contribution < -0.4 is 9.80 Å². The van der Waals surface area contributed by atoms with Gasteiger partial charge in [0.1, 0.15) is 5.41 Å². The minimum atomic E-state index is -0.850. The average molecular weight is 441 g/mol. The largest absolute Gasteiger partial charge is 0.339 e. The third-order valence-electron chi connectivity index (χ3n) is 7.32. The Morgan fingerprint density at radius 1 is 0.719 bits per heavy atom. The van der Waals surface area contributed by atoms with Gasteiger partial charge in [-0.1, -0.05) is 6.42 Å². The van der Waals surface area contributed by atoms with Gasteiger partial charge in [0.05, 0.1) is 0 Å². The van der Waals surface area contributed by atoms with Crippen LogP contribution in [0.15, 0.2) is 24.8 Å². The zero-order chi connectivity index (χ0) is 22.3. The molecule has 172 valence electrons. The van der Waals surface area contributed by atoms with Crippen molar-refractivity contribution >= 4 is 23.7 Å². The minimum Gasteiger partial charge on any atom is -0.339 e. The third kappa shape index (κ3) is 3.41. The number of carbonyl (C=O) groups is 2. The number of hydrogen-bond acceptors (Lipinski definition) is 6. The molecule has 0 atom stereocenters. The molecule has 0 aromatic carbocycles. The summed E-state index contributed by atoms with van der Waals surface area (Å²) in [4.78, 5) is 44.2. The SMILES string of the molecule is Cn1ccnc1N1CCN(C(=O)C2(C(=O)N3CCN(c4nccn4C)CC3)CCC2)CC1. The van der Waals surface area contributed by atoms with Gasteiger partial charge in [0.25, 0.3) is 0 Å². The van der Waals surface area contributed by atoms with E-state index in [1.54, 1.807) is 12.4 Å². The molecular formula is C22H32N8O2. The molecule has 0 unspecified atom stereocenters. The van der Waals surface area contributed by atoms with Crippen molar-refractivity contribution in [1.29, 1.82) is 0 Å². The van der Waals surface area contributed by atoms with Crippen LogP contribution in [0.25, 0.3) is 0 Å². The Bertz CT molecular complexity index is 903. The fourth-order valence-corrected chi connectivity index (χ4v) is 5.20. The summed E-state index contributed by atoms with van der Waals surface area (Å²) in [5.74, 6) is 1.91. The van der Waals surface area contributed by atoms with E-state index in [-0.39, 0.29) is 11.8 Å². The van der Waals surface area contributed by atoms with E-state index in [2.05, 4.69) is 19.8 Å². The van der Waals surface area contributed by atoms with Crippen LogP contribution in [0.1, 0.15) is 19.3 Å². The average Bonchev–Trinajstić information content (AvgIpc) is 3.41. The molecule has 3 aliphatic rings. The molecule has 0 bridgehead atoms. The van der Waals surface area contributed by atoms with Gasteiger partial charge >= 0.3 is 0 Å². The number of aryl methyl sites for hydroxylation is 2. The second kappa shape index (κ2) is 8.14. The number of hydrogen-bond donors (Lipinski definition) is 0. The zero-order valence-electron chi connectivity index (χ0n) is 19.0. The van der Waals surface area contributed by atoms with Crippen molar-refractivity contribution in [2.24, 2.45) is 19.5 Å². The number of nitrogens with zero attached hydrogens (tertiary/aromatic N) is 8. The smallest absolute Gasteiger partial charge is 0.238 e. The highest BCUT2D eigenvalue weighted by molar-refractivity contribution is 6.06. The van der Waals surface area contributed by atoms with E-state index in [0.717, 1.165) is 44.5 Å². The molecule has 10 heteroatoms. The van der Waals surface area contributed by atoms with Crippen LogP contribution in [-0.2, 0) is 23.7 Å². The van der Waals surface area contributed by atoms with E-state index in [0.29, 0.717) is 39.0 Å². The minimum absolute atomic E-state index is 0.0276. The summed E-state index contributed by atoms with van der Waals surface area (Å²) in [5.41, 5.74) is -0.850. The molecular weight excluding hydrogens is 408 g/mol. The lowest BCUT2D eigenvalue weighted by Crippen LogP contribution is -2.62. The maximum absolute atomic E-state index is 13.6. The predicted octanol–water partition coefficient (Wildman–Crippen LogP) is 0.321. The first-order valence-electron chi connectivity index (χ1n) is 11.5.